The molecule has 0 bridgehead atoms. The fraction of sp³-hybridized carbons (Fsp3) is 0.214. The van der Waals surface area contributed by atoms with Crippen molar-refractivity contribution in [1.29, 1.82) is 5.26 Å². The lowest BCUT2D eigenvalue weighted by Crippen LogP contribution is -2.19. The maximum absolute atomic E-state index is 12.3. The van der Waals surface area contributed by atoms with Gasteiger partial charge in [0, 0.05) is 12.2 Å². The molecule has 0 spiro atoms. The van der Waals surface area contributed by atoms with E-state index in [0.29, 0.717) is 29.2 Å². The van der Waals surface area contributed by atoms with Gasteiger partial charge in [-0.3, -0.25) is 9.48 Å². The number of hydrogen-bond donors (Lipinski definition) is 2. The molecule has 6 heteroatoms. The first-order valence-corrected chi connectivity index (χ1v) is 6.20. The second kappa shape index (κ2) is 5.45. The van der Waals surface area contributed by atoms with Crippen LogP contribution >= 0.6 is 0 Å². The molecule has 0 atom stereocenters. The van der Waals surface area contributed by atoms with Crippen LogP contribution in [0.15, 0.2) is 24.4 Å². The van der Waals surface area contributed by atoms with Gasteiger partial charge in [0.25, 0.3) is 5.91 Å². The van der Waals surface area contributed by atoms with Gasteiger partial charge in [0.05, 0.1) is 23.5 Å². The molecular formula is C14H15N5O. The Hall–Kier alpha value is -2.81. The summed E-state index contributed by atoms with van der Waals surface area (Å²) in [5.74, 6) is -0.333. The Bertz CT molecular complexity index is 696. The van der Waals surface area contributed by atoms with Crippen molar-refractivity contribution in [3.8, 4) is 6.07 Å². The highest BCUT2D eigenvalue weighted by Gasteiger charge is 2.17. The average molecular weight is 269 g/mol. The minimum absolute atomic E-state index is 0.328. The van der Waals surface area contributed by atoms with Crippen molar-refractivity contribution in [3.05, 3.63) is 41.2 Å². The van der Waals surface area contributed by atoms with Crippen LogP contribution < -0.4 is 11.1 Å². The van der Waals surface area contributed by atoms with Crippen LogP contribution in [0.5, 0.6) is 0 Å². The van der Waals surface area contributed by atoms with E-state index in [-0.39, 0.29) is 5.91 Å². The molecule has 2 rings (SSSR count). The predicted octanol–water partition coefficient (Wildman–Crippen LogP) is 1.92. The smallest absolute Gasteiger partial charge is 0.276 e. The largest absolute Gasteiger partial charge is 0.396 e. The summed E-state index contributed by atoms with van der Waals surface area (Å²) >= 11 is 0. The zero-order valence-corrected chi connectivity index (χ0v) is 11.3. The molecule has 20 heavy (non-hydrogen) atoms. The van der Waals surface area contributed by atoms with Crippen LogP contribution in [-0.4, -0.2) is 15.7 Å². The molecule has 0 radical (unpaired) electrons. The summed E-state index contributed by atoms with van der Waals surface area (Å²) in [6.45, 7) is 4.29. The van der Waals surface area contributed by atoms with Crippen LogP contribution in [0.1, 0.15) is 28.5 Å². The normalized spacial score (nSPS) is 10.1. The van der Waals surface area contributed by atoms with E-state index in [4.69, 9.17) is 11.0 Å². The molecule has 2 aromatic rings. The Morgan fingerprint density at radius 1 is 1.55 bits per heavy atom. The Morgan fingerprint density at radius 3 is 2.95 bits per heavy atom. The lowest BCUT2D eigenvalue weighted by molar-refractivity contribution is 0.101. The van der Waals surface area contributed by atoms with Crippen molar-refractivity contribution >= 4 is 17.3 Å². The topological polar surface area (TPSA) is 96.7 Å². The van der Waals surface area contributed by atoms with E-state index in [1.165, 1.54) is 10.9 Å². The highest BCUT2D eigenvalue weighted by molar-refractivity contribution is 6.06. The van der Waals surface area contributed by atoms with Crippen LogP contribution in [0.4, 0.5) is 11.4 Å². The number of aryl methyl sites for hydroxylation is 2. The number of aromatic nitrogens is 2. The molecule has 0 unspecified atom stereocenters. The molecule has 1 heterocycles. The summed E-state index contributed by atoms with van der Waals surface area (Å²) in [5.41, 5.74) is 8.39. The third-order valence-corrected chi connectivity index (χ3v) is 3.00. The van der Waals surface area contributed by atoms with Gasteiger partial charge >= 0.3 is 0 Å². The number of carbonyl (C=O) groups excluding carboxylic acids is 1. The Labute approximate surface area is 116 Å². The van der Waals surface area contributed by atoms with Crippen molar-refractivity contribution in [2.45, 2.75) is 20.4 Å². The van der Waals surface area contributed by atoms with Crippen LogP contribution in [0.25, 0.3) is 0 Å². The fourth-order valence-electron chi connectivity index (χ4n) is 1.90. The second-order valence-corrected chi connectivity index (χ2v) is 4.36. The molecule has 6 nitrogen and oxygen atoms in total. The van der Waals surface area contributed by atoms with Gasteiger partial charge in [-0.25, -0.2) is 0 Å². The number of rotatable bonds is 3. The first kappa shape index (κ1) is 13.6. The maximum atomic E-state index is 12.3. The quantitative estimate of drug-likeness (QED) is 0.889. The van der Waals surface area contributed by atoms with Crippen molar-refractivity contribution in [2.75, 3.05) is 11.1 Å². The zero-order valence-electron chi connectivity index (χ0n) is 11.3. The van der Waals surface area contributed by atoms with Crippen molar-refractivity contribution in [1.82, 2.24) is 9.78 Å². The molecule has 1 amide bonds. The number of nitrogens with two attached hydrogens (primary N) is 1. The average Bonchev–Trinajstić information content (AvgIpc) is 2.82. The summed E-state index contributed by atoms with van der Waals surface area (Å²) in [4.78, 5) is 12.3. The highest BCUT2D eigenvalue weighted by Crippen LogP contribution is 2.19. The number of carbonyl (C=O) groups is 1. The van der Waals surface area contributed by atoms with Gasteiger partial charge in [-0.15, -0.1) is 0 Å². The molecule has 0 aliphatic heterocycles. The van der Waals surface area contributed by atoms with Crippen molar-refractivity contribution < 1.29 is 4.79 Å². The van der Waals surface area contributed by atoms with Gasteiger partial charge in [-0.2, -0.15) is 10.4 Å². The summed E-state index contributed by atoms with van der Waals surface area (Å²) in [5, 5.41) is 15.7. The number of nitriles is 1. The Balaban J connectivity index is 2.33. The Morgan fingerprint density at radius 2 is 2.30 bits per heavy atom. The minimum Gasteiger partial charge on any atom is -0.396 e. The molecule has 3 N–H and O–H groups in total. The van der Waals surface area contributed by atoms with E-state index in [1.807, 2.05) is 19.9 Å². The first-order valence-electron chi connectivity index (χ1n) is 6.20. The van der Waals surface area contributed by atoms with Gasteiger partial charge in [-0.05, 0) is 31.5 Å². The predicted molar refractivity (Wildman–Crippen MR) is 76.2 cm³/mol. The van der Waals surface area contributed by atoms with Gasteiger partial charge in [0.2, 0.25) is 0 Å². The molecule has 0 saturated heterocycles. The number of benzene rings is 1. The summed E-state index contributed by atoms with van der Waals surface area (Å²) in [6, 6.07) is 7.17. The number of hydrogen-bond acceptors (Lipinski definition) is 4. The molecule has 1 aromatic carbocycles. The third-order valence-electron chi connectivity index (χ3n) is 3.00. The van der Waals surface area contributed by atoms with Crippen LogP contribution in [0.3, 0.4) is 0 Å². The monoisotopic (exact) mass is 269 g/mol. The summed E-state index contributed by atoms with van der Waals surface area (Å²) in [6.07, 6.45) is 1.46. The molecule has 0 aliphatic rings. The highest BCUT2D eigenvalue weighted by atomic mass is 16.2. The number of nitrogen functional groups attached to an aromatic ring is 1. The van der Waals surface area contributed by atoms with Gasteiger partial charge in [0.15, 0.2) is 0 Å². The third kappa shape index (κ3) is 2.47. The van der Waals surface area contributed by atoms with Crippen molar-refractivity contribution in [2.24, 2.45) is 0 Å². The molecular weight excluding hydrogens is 254 g/mol. The van der Waals surface area contributed by atoms with E-state index in [0.717, 1.165) is 5.56 Å². The summed E-state index contributed by atoms with van der Waals surface area (Å²) in [7, 11) is 0. The molecule has 1 aromatic heterocycles. The number of nitrogens with zero attached hydrogens (tertiary/aromatic N) is 3. The van der Waals surface area contributed by atoms with Crippen LogP contribution in [0, 0.1) is 18.3 Å². The molecule has 102 valence electrons. The summed E-state index contributed by atoms with van der Waals surface area (Å²) < 4.78 is 1.54. The lowest BCUT2D eigenvalue weighted by Gasteiger charge is -2.10. The molecule has 0 saturated carbocycles. The van der Waals surface area contributed by atoms with E-state index >= 15 is 0 Å². The number of anilines is 2. The van der Waals surface area contributed by atoms with Gasteiger partial charge < -0.3 is 11.1 Å². The lowest BCUT2D eigenvalue weighted by atomic mass is 10.1. The number of amides is 1. The van der Waals surface area contributed by atoms with E-state index < -0.39 is 0 Å². The second-order valence-electron chi connectivity index (χ2n) is 4.36. The zero-order chi connectivity index (χ0) is 14.7. The first-order chi connectivity index (χ1) is 9.56. The van der Waals surface area contributed by atoms with E-state index in [1.54, 1.807) is 18.2 Å². The van der Waals surface area contributed by atoms with Crippen molar-refractivity contribution in [3.63, 3.8) is 0 Å². The van der Waals surface area contributed by atoms with E-state index in [9.17, 15) is 4.79 Å². The molecule has 0 aliphatic carbocycles. The SMILES string of the molecule is CCn1ncc(N)c1C(=O)Nc1cc(C#N)ccc1C. The Kier molecular flexibility index (Phi) is 3.71. The molecule has 0 fully saturated rings. The van der Waals surface area contributed by atoms with Crippen LogP contribution in [0.2, 0.25) is 0 Å². The van der Waals surface area contributed by atoms with Gasteiger partial charge in [-0.1, -0.05) is 6.07 Å². The van der Waals surface area contributed by atoms with E-state index in [2.05, 4.69) is 10.4 Å². The minimum atomic E-state index is -0.333. The van der Waals surface area contributed by atoms with Crippen LogP contribution in [-0.2, 0) is 6.54 Å². The number of nitrogens with one attached hydrogen (secondary N) is 1. The fourth-order valence-corrected chi connectivity index (χ4v) is 1.90. The maximum Gasteiger partial charge on any atom is 0.276 e. The standard InChI is InChI=1S/C14H15N5O/c1-3-19-13(11(16)8-17-19)14(20)18-12-6-10(7-15)5-4-9(12)2/h4-6,8H,3,16H2,1-2H3,(H,18,20). The van der Waals surface area contributed by atoms with Gasteiger partial charge in [0.1, 0.15) is 5.69 Å².